The molecule has 0 heterocycles. The van der Waals surface area contributed by atoms with E-state index in [0.29, 0.717) is 12.2 Å². The van der Waals surface area contributed by atoms with Gasteiger partial charge in [-0.2, -0.15) is 0 Å². The van der Waals surface area contributed by atoms with Crippen molar-refractivity contribution in [3.63, 3.8) is 0 Å². The summed E-state index contributed by atoms with van der Waals surface area (Å²) in [5.74, 6) is -0.241. The quantitative estimate of drug-likeness (QED) is 0.491. The van der Waals surface area contributed by atoms with Crippen molar-refractivity contribution in [3.8, 4) is 5.75 Å². The van der Waals surface area contributed by atoms with Crippen molar-refractivity contribution in [2.75, 3.05) is 6.61 Å². The SMILES string of the molecule is CC(Cl)CCCOC(=O)c1ccc(O)cc1. The fourth-order valence-corrected chi connectivity index (χ4v) is 1.36. The molecule has 0 saturated carbocycles. The van der Waals surface area contributed by atoms with Crippen LogP contribution in [0.2, 0.25) is 0 Å². The summed E-state index contributed by atoms with van der Waals surface area (Å²) in [6.45, 7) is 2.28. The summed E-state index contributed by atoms with van der Waals surface area (Å²) in [5, 5.41) is 9.15. The lowest BCUT2D eigenvalue weighted by Gasteiger charge is -2.05. The van der Waals surface area contributed by atoms with Crippen LogP contribution < -0.4 is 0 Å². The highest BCUT2D eigenvalue weighted by Gasteiger charge is 2.06. The molecule has 88 valence electrons. The van der Waals surface area contributed by atoms with Gasteiger partial charge < -0.3 is 9.84 Å². The highest BCUT2D eigenvalue weighted by molar-refractivity contribution is 6.20. The number of carbonyl (C=O) groups is 1. The molecular formula is C12H15ClO3. The number of rotatable bonds is 5. The van der Waals surface area contributed by atoms with E-state index in [2.05, 4.69) is 0 Å². The average molecular weight is 243 g/mol. The second-order valence-corrected chi connectivity index (χ2v) is 4.35. The Kier molecular flexibility index (Phi) is 5.12. The minimum Gasteiger partial charge on any atom is -0.508 e. The molecule has 0 aliphatic carbocycles. The van der Waals surface area contributed by atoms with Gasteiger partial charge in [0.05, 0.1) is 12.2 Å². The van der Waals surface area contributed by atoms with E-state index in [9.17, 15) is 4.79 Å². The number of halogens is 1. The van der Waals surface area contributed by atoms with Crippen molar-refractivity contribution in [1.29, 1.82) is 0 Å². The summed E-state index contributed by atoms with van der Waals surface area (Å²) >= 11 is 5.76. The number of phenols is 1. The Labute approximate surface area is 100.0 Å². The molecule has 0 fully saturated rings. The number of alkyl halides is 1. The first-order chi connectivity index (χ1) is 7.59. The molecule has 0 amide bonds. The molecule has 0 bridgehead atoms. The molecule has 0 spiro atoms. The number of ether oxygens (including phenoxy) is 1. The third-order valence-corrected chi connectivity index (χ3v) is 2.30. The van der Waals surface area contributed by atoms with Crippen molar-refractivity contribution in [2.45, 2.75) is 25.1 Å². The van der Waals surface area contributed by atoms with Crippen LogP contribution in [0.25, 0.3) is 0 Å². The smallest absolute Gasteiger partial charge is 0.338 e. The van der Waals surface area contributed by atoms with E-state index in [-0.39, 0.29) is 17.1 Å². The summed E-state index contributed by atoms with van der Waals surface area (Å²) < 4.78 is 5.04. The Morgan fingerprint density at radius 2 is 2.06 bits per heavy atom. The topological polar surface area (TPSA) is 46.5 Å². The van der Waals surface area contributed by atoms with Crippen molar-refractivity contribution in [1.82, 2.24) is 0 Å². The zero-order valence-corrected chi connectivity index (χ0v) is 9.91. The molecule has 16 heavy (non-hydrogen) atoms. The zero-order valence-electron chi connectivity index (χ0n) is 9.15. The number of phenolic OH excluding ortho intramolecular Hbond substituents is 1. The summed E-state index contributed by atoms with van der Waals surface area (Å²) in [5.41, 5.74) is 0.441. The number of aromatic hydroxyl groups is 1. The van der Waals surface area contributed by atoms with Gasteiger partial charge in [0.25, 0.3) is 0 Å². The third-order valence-electron chi connectivity index (χ3n) is 2.08. The molecular weight excluding hydrogens is 228 g/mol. The van der Waals surface area contributed by atoms with Gasteiger partial charge in [-0.3, -0.25) is 0 Å². The van der Waals surface area contributed by atoms with Crippen LogP contribution in [0.1, 0.15) is 30.1 Å². The van der Waals surface area contributed by atoms with Crippen LogP contribution in [0.15, 0.2) is 24.3 Å². The Balaban J connectivity index is 2.32. The maximum absolute atomic E-state index is 11.5. The zero-order chi connectivity index (χ0) is 12.0. The molecule has 1 rings (SSSR count). The fraction of sp³-hybridized carbons (Fsp3) is 0.417. The second kappa shape index (κ2) is 6.38. The number of esters is 1. The van der Waals surface area contributed by atoms with Crippen molar-refractivity contribution in [2.24, 2.45) is 0 Å². The number of hydrogen-bond donors (Lipinski definition) is 1. The van der Waals surface area contributed by atoms with Gasteiger partial charge in [-0.15, -0.1) is 11.6 Å². The fourth-order valence-electron chi connectivity index (χ4n) is 1.21. The van der Waals surface area contributed by atoms with Crippen molar-refractivity contribution in [3.05, 3.63) is 29.8 Å². The van der Waals surface area contributed by atoms with Crippen molar-refractivity contribution >= 4 is 17.6 Å². The van der Waals surface area contributed by atoms with Crippen LogP contribution >= 0.6 is 11.6 Å². The van der Waals surface area contributed by atoms with Gasteiger partial charge in [-0.25, -0.2) is 4.79 Å². The lowest BCUT2D eigenvalue weighted by molar-refractivity contribution is 0.0498. The second-order valence-electron chi connectivity index (χ2n) is 3.61. The van der Waals surface area contributed by atoms with E-state index >= 15 is 0 Å². The van der Waals surface area contributed by atoms with Crippen LogP contribution in [0.5, 0.6) is 5.75 Å². The van der Waals surface area contributed by atoms with E-state index in [1.165, 1.54) is 24.3 Å². The molecule has 0 radical (unpaired) electrons. The normalized spacial score (nSPS) is 12.1. The molecule has 1 atom stereocenters. The molecule has 1 aromatic carbocycles. The summed E-state index contributed by atoms with van der Waals surface area (Å²) in [6, 6.07) is 5.97. The maximum Gasteiger partial charge on any atom is 0.338 e. The van der Waals surface area contributed by atoms with Gasteiger partial charge in [0.15, 0.2) is 0 Å². The van der Waals surface area contributed by atoms with Gasteiger partial charge in [0, 0.05) is 5.38 Å². The lowest BCUT2D eigenvalue weighted by atomic mass is 10.2. The van der Waals surface area contributed by atoms with E-state index in [0.717, 1.165) is 12.8 Å². The molecule has 0 aliphatic rings. The highest BCUT2D eigenvalue weighted by atomic mass is 35.5. The molecule has 1 aromatic rings. The van der Waals surface area contributed by atoms with E-state index in [4.69, 9.17) is 21.4 Å². The molecule has 1 N–H and O–H groups in total. The molecule has 4 heteroatoms. The Morgan fingerprint density at radius 3 is 2.62 bits per heavy atom. The molecule has 0 saturated heterocycles. The largest absolute Gasteiger partial charge is 0.508 e. The standard InChI is InChI=1S/C12H15ClO3/c1-9(13)3-2-8-16-12(15)10-4-6-11(14)7-5-10/h4-7,9,14H,2-3,8H2,1H3. The van der Waals surface area contributed by atoms with E-state index in [1.807, 2.05) is 6.92 Å². The van der Waals surface area contributed by atoms with Gasteiger partial charge in [0.1, 0.15) is 5.75 Å². The first kappa shape index (κ1) is 12.8. The first-order valence-electron chi connectivity index (χ1n) is 5.20. The third kappa shape index (κ3) is 4.53. The molecule has 3 nitrogen and oxygen atoms in total. The van der Waals surface area contributed by atoms with Gasteiger partial charge in [-0.05, 0) is 44.0 Å². The summed E-state index contributed by atoms with van der Waals surface area (Å²) in [7, 11) is 0. The Morgan fingerprint density at radius 1 is 1.44 bits per heavy atom. The molecule has 0 aliphatic heterocycles. The van der Waals surface area contributed by atoms with Gasteiger partial charge in [-0.1, -0.05) is 0 Å². The maximum atomic E-state index is 11.5. The van der Waals surface area contributed by atoms with Gasteiger partial charge >= 0.3 is 5.97 Å². The van der Waals surface area contributed by atoms with Crippen molar-refractivity contribution < 1.29 is 14.6 Å². The highest BCUT2D eigenvalue weighted by Crippen LogP contribution is 2.11. The van der Waals surface area contributed by atoms with Gasteiger partial charge in [0.2, 0.25) is 0 Å². The monoisotopic (exact) mass is 242 g/mol. The van der Waals surface area contributed by atoms with Crippen LogP contribution in [0.4, 0.5) is 0 Å². The average Bonchev–Trinajstić information content (AvgIpc) is 2.25. The minimum atomic E-state index is -0.373. The number of carbonyl (C=O) groups excluding carboxylic acids is 1. The number of hydrogen-bond acceptors (Lipinski definition) is 3. The Hall–Kier alpha value is -1.22. The van der Waals surface area contributed by atoms with Crippen LogP contribution in [-0.4, -0.2) is 23.1 Å². The van der Waals surface area contributed by atoms with E-state index < -0.39 is 0 Å². The Bertz CT molecular complexity index is 333. The molecule has 0 aromatic heterocycles. The predicted octanol–water partition coefficient (Wildman–Crippen LogP) is 2.96. The molecule has 1 unspecified atom stereocenters. The van der Waals surface area contributed by atoms with Crippen LogP contribution in [0.3, 0.4) is 0 Å². The van der Waals surface area contributed by atoms with Crippen LogP contribution in [-0.2, 0) is 4.74 Å². The lowest BCUT2D eigenvalue weighted by Crippen LogP contribution is -2.07. The summed E-state index contributed by atoms with van der Waals surface area (Å²) in [6.07, 6.45) is 1.58. The first-order valence-corrected chi connectivity index (χ1v) is 5.63. The predicted molar refractivity (Wildman–Crippen MR) is 62.9 cm³/mol. The van der Waals surface area contributed by atoms with Crippen LogP contribution in [0, 0.1) is 0 Å². The number of benzene rings is 1. The minimum absolute atomic E-state index is 0.104. The van der Waals surface area contributed by atoms with E-state index in [1.54, 1.807) is 0 Å². The summed E-state index contributed by atoms with van der Waals surface area (Å²) in [4.78, 5) is 11.5.